The maximum atomic E-state index is 11.9. The summed E-state index contributed by atoms with van der Waals surface area (Å²) in [7, 11) is 0. The molecule has 2 rings (SSSR count). The van der Waals surface area contributed by atoms with Crippen molar-refractivity contribution < 1.29 is 14.3 Å². The van der Waals surface area contributed by atoms with Crippen LogP contribution < -0.4 is 5.32 Å². The molecule has 2 aromatic heterocycles. The predicted octanol–water partition coefficient (Wildman–Crippen LogP) is 2.45. The van der Waals surface area contributed by atoms with Crippen molar-refractivity contribution in [1.82, 2.24) is 10.2 Å². The molecule has 0 fully saturated rings. The smallest absolute Gasteiger partial charge is 0.341 e. The van der Waals surface area contributed by atoms with Gasteiger partial charge in [0.2, 0.25) is 5.91 Å². The molecule has 2 aromatic rings. The van der Waals surface area contributed by atoms with Gasteiger partial charge in [-0.05, 0) is 30.5 Å². The second-order valence-corrected chi connectivity index (χ2v) is 5.69. The van der Waals surface area contributed by atoms with Gasteiger partial charge in [0.15, 0.2) is 0 Å². The Balaban J connectivity index is 1.91. The number of aromatic nitrogens is 2. The summed E-state index contributed by atoms with van der Waals surface area (Å²) in [6, 6.07) is 5.17. The third kappa shape index (κ3) is 4.54. The number of amides is 1. The molecule has 0 unspecified atom stereocenters. The van der Waals surface area contributed by atoms with E-state index in [0.717, 1.165) is 0 Å². The van der Waals surface area contributed by atoms with E-state index in [4.69, 9.17) is 4.74 Å². The zero-order chi connectivity index (χ0) is 15.1. The van der Waals surface area contributed by atoms with Gasteiger partial charge in [0.05, 0.1) is 17.9 Å². The van der Waals surface area contributed by atoms with Crippen LogP contribution >= 0.6 is 23.1 Å². The Morgan fingerprint density at radius 1 is 1.43 bits per heavy atom. The lowest BCUT2D eigenvalue weighted by Gasteiger charge is -2.05. The van der Waals surface area contributed by atoms with Crippen molar-refractivity contribution in [3.05, 3.63) is 35.3 Å². The van der Waals surface area contributed by atoms with Gasteiger partial charge in [-0.1, -0.05) is 11.8 Å². The Kier molecular flexibility index (Phi) is 5.70. The fourth-order valence-corrected chi connectivity index (χ4v) is 2.86. The molecule has 0 aliphatic heterocycles. The Bertz CT molecular complexity index is 616. The zero-order valence-electron chi connectivity index (χ0n) is 11.2. The van der Waals surface area contributed by atoms with E-state index in [9.17, 15) is 9.59 Å². The monoisotopic (exact) mass is 323 g/mol. The van der Waals surface area contributed by atoms with Crippen molar-refractivity contribution in [2.75, 3.05) is 17.7 Å². The quantitative estimate of drug-likeness (QED) is 0.649. The van der Waals surface area contributed by atoms with Crippen molar-refractivity contribution >= 4 is 40.0 Å². The van der Waals surface area contributed by atoms with Crippen molar-refractivity contribution in [3.63, 3.8) is 0 Å². The van der Waals surface area contributed by atoms with E-state index in [1.165, 1.54) is 23.1 Å². The first-order valence-electron chi connectivity index (χ1n) is 6.15. The van der Waals surface area contributed by atoms with E-state index in [2.05, 4.69) is 15.5 Å². The topological polar surface area (TPSA) is 81.2 Å². The molecule has 110 valence electrons. The van der Waals surface area contributed by atoms with E-state index in [-0.39, 0.29) is 11.7 Å². The maximum absolute atomic E-state index is 11.9. The molecular weight excluding hydrogens is 310 g/mol. The number of thiophene rings is 1. The number of carbonyl (C=O) groups excluding carboxylic acids is 2. The molecule has 0 aliphatic carbocycles. The first kappa shape index (κ1) is 15.5. The van der Waals surface area contributed by atoms with Gasteiger partial charge >= 0.3 is 5.97 Å². The predicted molar refractivity (Wildman–Crippen MR) is 81.7 cm³/mol. The van der Waals surface area contributed by atoms with Crippen LogP contribution in [0.1, 0.15) is 17.3 Å². The fraction of sp³-hybridized carbons (Fsp3) is 0.231. The molecule has 0 radical (unpaired) electrons. The third-order valence-electron chi connectivity index (χ3n) is 2.31. The first-order chi connectivity index (χ1) is 10.2. The minimum Gasteiger partial charge on any atom is -0.462 e. The number of rotatable bonds is 6. The van der Waals surface area contributed by atoms with Crippen LogP contribution in [0.25, 0.3) is 0 Å². The number of esters is 1. The van der Waals surface area contributed by atoms with Crippen LogP contribution in [0.5, 0.6) is 0 Å². The van der Waals surface area contributed by atoms with Gasteiger partial charge in [-0.25, -0.2) is 4.79 Å². The fourth-order valence-electron chi connectivity index (χ4n) is 1.44. The lowest BCUT2D eigenvalue weighted by Crippen LogP contribution is -2.16. The van der Waals surface area contributed by atoms with Crippen LogP contribution in [0.4, 0.5) is 5.00 Å². The number of nitrogens with zero attached hydrogens (tertiary/aromatic N) is 2. The van der Waals surface area contributed by atoms with Crippen LogP contribution in [-0.2, 0) is 9.53 Å². The Hall–Kier alpha value is -1.93. The molecular formula is C13H13N3O3S2. The lowest BCUT2D eigenvalue weighted by molar-refractivity contribution is -0.113. The third-order valence-corrected chi connectivity index (χ3v) is 4.06. The highest BCUT2D eigenvalue weighted by atomic mass is 32.2. The SMILES string of the molecule is CCOC(=O)c1ccsc1NC(=O)CSc1cccnn1. The highest BCUT2D eigenvalue weighted by Gasteiger charge is 2.16. The normalized spacial score (nSPS) is 10.1. The molecule has 1 N–H and O–H groups in total. The number of hydrogen-bond donors (Lipinski definition) is 1. The molecule has 8 heteroatoms. The van der Waals surface area contributed by atoms with Crippen LogP contribution in [0.3, 0.4) is 0 Å². The largest absolute Gasteiger partial charge is 0.462 e. The summed E-state index contributed by atoms with van der Waals surface area (Å²) in [6.07, 6.45) is 1.57. The van der Waals surface area contributed by atoms with Gasteiger partial charge < -0.3 is 10.1 Å². The molecule has 21 heavy (non-hydrogen) atoms. The minimum atomic E-state index is -0.435. The Morgan fingerprint density at radius 2 is 2.29 bits per heavy atom. The summed E-state index contributed by atoms with van der Waals surface area (Å²) >= 11 is 2.56. The number of carbonyl (C=O) groups is 2. The number of anilines is 1. The van der Waals surface area contributed by atoms with E-state index < -0.39 is 5.97 Å². The van der Waals surface area contributed by atoms with E-state index in [0.29, 0.717) is 22.2 Å². The highest BCUT2D eigenvalue weighted by Crippen LogP contribution is 2.24. The van der Waals surface area contributed by atoms with Crippen molar-refractivity contribution in [3.8, 4) is 0 Å². The van der Waals surface area contributed by atoms with Crippen molar-refractivity contribution in [1.29, 1.82) is 0 Å². The van der Waals surface area contributed by atoms with Crippen molar-refractivity contribution in [2.24, 2.45) is 0 Å². The summed E-state index contributed by atoms with van der Waals surface area (Å²) in [5, 5.41) is 13.2. The summed E-state index contributed by atoms with van der Waals surface area (Å²) in [5.74, 6) is -0.451. The van der Waals surface area contributed by atoms with Crippen molar-refractivity contribution in [2.45, 2.75) is 11.9 Å². The molecule has 0 spiro atoms. The first-order valence-corrected chi connectivity index (χ1v) is 8.02. The molecule has 0 atom stereocenters. The molecule has 1 amide bonds. The minimum absolute atomic E-state index is 0.193. The lowest BCUT2D eigenvalue weighted by atomic mass is 10.3. The second kappa shape index (κ2) is 7.75. The van der Waals surface area contributed by atoms with Gasteiger partial charge in [0, 0.05) is 6.20 Å². The molecule has 0 aromatic carbocycles. The Morgan fingerprint density at radius 3 is 3.00 bits per heavy atom. The van der Waals surface area contributed by atoms with Crippen LogP contribution in [0, 0.1) is 0 Å². The van der Waals surface area contributed by atoms with E-state index >= 15 is 0 Å². The van der Waals surface area contributed by atoms with Gasteiger partial charge in [0.25, 0.3) is 0 Å². The number of ether oxygens (including phenoxy) is 1. The van der Waals surface area contributed by atoms with Crippen LogP contribution in [0.2, 0.25) is 0 Å². The maximum Gasteiger partial charge on any atom is 0.341 e. The molecule has 0 aliphatic rings. The average Bonchev–Trinajstić information content (AvgIpc) is 2.95. The molecule has 0 saturated heterocycles. The highest BCUT2D eigenvalue weighted by molar-refractivity contribution is 7.99. The van der Waals surface area contributed by atoms with Gasteiger partial charge in [0.1, 0.15) is 10.0 Å². The van der Waals surface area contributed by atoms with E-state index in [1.807, 2.05) is 0 Å². The van der Waals surface area contributed by atoms with Gasteiger partial charge in [-0.2, -0.15) is 5.10 Å². The number of nitrogens with one attached hydrogen (secondary N) is 1. The average molecular weight is 323 g/mol. The molecule has 2 heterocycles. The van der Waals surface area contributed by atoms with Gasteiger partial charge in [-0.15, -0.1) is 16.4 Å². The summed E-state index contributed by atoms with van der Waals surface area (Å²) in [5.41, 5.74) is 0.375. The molecule has 6 nitrogen and oxygen atoms in total. The zero-order valence-corrected chi connectivity index (χ0v) is 12.9. The summed E-state index contributed by atoms with van der Waals surface area (Å²) in [4.78, 5) is 23.6. The summed E-state index contributed by atoms with van der Waals surface area (Å²) < 4.78 is 4.93. The molecule has 0 bridgehead atoms. The number of thioether (sulfide) groups is 1. The number of hydrogen-bond acceptors (Lipinski definition) is 7. The second-order valence-electron chi connectivity index (χ2n) is 3.78. The van der Waals surface area contributed by atoms with Crippen LogP contribution in [0.15, 0.2) is 34.8 Å². The van der Waals surface area contributed by atoms with Gasteiger partial charge in [-0.3, -0.25) is 4.79 Å². The molecule has 0 saturated carbocycles. The Labute approximate surface area is 129 Å². The standard InChI is InChI=1S/C13H13N3O3S2/c1-2-19-13(18)9-5-7-20-12(9)15-10(17)8-21-11-4-3-6-14-16-11/h3-7H,2,8H2,1H3,(H,15,17). The summed E-state index contributed by atoms with van der Waals surface area (Å²) in [6.45, 7) is 2.03. The van der Waals surface area contributed by atoms with E-state index in [1.54, 1.807) is 36.7 Å². The van der Waals surface area contributed by atoms with Crippen LogP contribution in [-0.4, -0.2) is 34.4 Å².